The summed E-state index contributed by atoms with van der Waals surface area (Å²) in [5.41, 5.74) is 19.1. The molecule has 4 aliphatic rings. The Morgan fingerprint density at radius 3 is 0.750 bits per heavy atom. The maximum Gasteiger partial charge on any atom is -0.00930 e. The Balaban J connectivity index is 1.03. The van der Waals surface area contributed by atoms with Gasteiger partial charge in [-0.05, 0) is 199 Å². The van der Waals surface area contributed by atoms with Crippen molar-refractivity contribution in [2.75, 3.05) is 0 Å². The molecule has 0 aromatic heterocycles. The molecule has 0 nitrogen and oxygen atoms in total. The van der Waals surface area contributed by atoms with Crippen LogP contribution in [0.3, 0.4) is 0 Å². The molecule has 0 atom stereocenters. The second-order valence-electron chi connectivity index (χ2n) is 21.7. The Morgan fingerprint density at radius 2 is 0.471 bits per heavy atom. The maximum absolute atomic E-state index is 2.53. The third-order valence-corrected chi connectivity index (χ3v) is 17.5. The van der Waals surface area contributed by atoms with Crippen molar-refractivity contribution in [1.82, 2.24) is 0 Å². The molecule has 4 saturated carbocycles. The molecule has 342 valence electrons. The quantitative estimate of drug-likeness (QED) is 0.135. The molecule has 4 aliphatic carbocycles. The summed E-state index contributed by atoms with van der Waals surface area (Å²) in [6.07, 6.45) is 27.0. The predicted octanol–water partition coefficient (Wildman–Crippen LogP) is 20.5. The zero-order valence-corrected chi connectivity index (χ0v) is 40.5. The smallest absolute Gasteiger partial charge is 0.00930 e. The van der Waals surface area contributed by atoms with E-state index in [2.05, 4.69) is 158 Å². The fourth-order valence-electron chi connectivity index (χ4n) is 13.6. The topological polar surface area (TPSA) is 0 Å². The molecule has 8 aromatic rings. The lowest BCUT2D eigenvalue weighted by Gasteiger charge is -2.23. The van der Waals surface area contributed by atoms with E-state index in [9.17, 15) is 0 Å². The van der Waals surface area contributed by atoms with E-state index in [1.165, 1.54) is 228 Å². The van der Waals surface area contributed by atoms with Gasteiger partial charge in [0.1, 0.15) is 0 Å². The molecule has 0 saturated heterocycles. The lowest BCUT2D eigenvalue weighted by Crippen LogP contribution is -2.04. The van der Waals surface area contributed by atoms with Crippen LogP contribution in [0, 0.1) is 0 Å². The average Bonchev–Trinajstić information content (AvgIpc) is 3.43. The van der Waals surface area contributed by atoms with Crippen molar-refractivity contribution in [3.8, 4) is 55.6 Å². The van der Waals surface area contributed by atoms with Crippen LogP contribution in [0.25, 0.3) is 77.2 Å². The monoisotopic (exact) mass is 887 g/mol. The van der Waals surface area contributed by atoms with Crippen LogP contribution in [0.4, 0.5) is 0 Å². The van der Waals surface area contributed by atoms with E-state index in [4.69, 9.17) is 0 Å². The molecule has 0 heterocycles. The summed E-state index contributed by atoms with van der Waals surface area (Å²) in [6, 6.07) is 63.1. The molecule has 0 unspecified atom stereocenters. The second-order valence-corrected chi connectivity index (χ2v) is 21.7. The highest BCUT2D eigenvalue weighted by atomic mass is 14.3. The first-order valence-corrected chi connectivity index (χ1v) is 27.3. The van der Waals surface area contributed by atoms with E-state index in [1.807, 2.05) is 0 Å². The first kappa shape index (κ1) is 43.6. The summed E-state index contributed by atoms with van der Waals surface area (Å²) in [7, 11) is 0. The van der Waals surface area contributed by atoms with Crippen molar-refractivity contribution >= 4 is 21.5 Å². The Labute approximate surface area is 407 Å². The minimum atomic E-state index is 0.689. The highest BCUT2D eigenvalue weighted by Crippen LogP contribution is 2.45. The van der Waals surface area contributed by atoms with Crippen molar-refractivity contribution in [3.05, 3.63) is 180 Å². The summed E-state index contributed by atoms with van der Waals surface area (Å²) in [6.45, 7) is 0. The first-order chi connectivity index (χ1) is 33.7. The normalized spacial score (nSPS) is 18.1. The number of hydrogen-bond acceptors (Lipinski definition) is 0. The molecule has 4 fully saturated rings. The van der Waals surface area contributed by atoms with Crippen LogP contribution >= 0.6 is 0 Å². The second kappa shape index (κ2) is 19.7. The predicted molar refractivity (Wildman–Crippen MR) is 292 cm³/mol. The van der Waals surface area contributed by atoms with E-state index in [0.29, 0.717) is 23.7 Å². The van der Waals surface area contributed by atoms with Crippen LogP contribution in [0.1, 0.15) is 174 Å². The summed E-state index contributed by atoms with van der Waals surface area (Å²) in [5, 5.41) is 5.30. The standard InChI is InChI=1S/C68H70/c1-5-15-47(16-6-1)51-27-35-55(36-28-51)61-23-13-25-63-65(57-39-31-53(32-40-57)49-19-9-3-10-20-49)43-59(45-67(61)63)60-44-66(58-41-33-54(34-42-58)50-21-11-4-12-22-50)64-26-14-24-62(68(64)46-60)56-37-29-52(30-38-56)48-17-7-2-8-18-48/h13-14,23-50H,1-12,15-22H2. The molecule has 0 spiro atoms. The van der Waals surface area contributed by atoms with Gasteiger partial charge in [0.05, 0.1) is 0 Å². The van der Waals surface area contributed by atoms with Gasteiger partial charge in [-0.2, -0.15) is 0 Å². The fourth-order valence-corrected chi connectivity index (χ4v) is 13.6. The maximum atomic E-state index is 2.53. The number of rotatable bonds is 9. The van der Waals surface area contributed by atoms with Crippen LogP contribution in [0.15, 0.2) is 158 Å². The van der Waals surface area contributed by atoms with E-state index >= 15 is 0 Å². The number of hydrogen-bond donors (Lipinski definition) is 0. The highest BCUT2D eigenvalue weighted by molar-refractivity contribution is 6.10. The molecule has 0 bridgehead atoms. The SMILES string of the molecule is c1cc(-c2ccc(C3CCCCC3)cc2)c2cc(-c3cc(-c4ccc(C5CCCCC5)cc4)c4cccc(-c5ccc(C6CCCCC6)cc5)c4c3)cc(-c3ccc(C4CCCCC4)cc3)c2c1. The van der Waals surface area contributed by atoms with Crippen molar-refractivity contribution in [2.24, 2.45) is 0 Å². The fraction of sp³-hybridized carbons (Fsp3) is 0.353. The van der Waals surface area contributed by atoms with Gasteiger partial charge in [0.25, 0.3) is 0 Å². The van der Waals surface area contributed by atoms with Crippen molar-refractivity contribution < 1.29 is 0 Å². The summed E-state index contributed by atoms with van der Waals surface area (Å²) in [5.74, 6) is 2.78. The van der Waals surface area contributed by atoms with Gasteiger partial charge in [0.15, 0.2) is 0 Å². The molecule has 0 aliphatic heterocycles. The van der Waals surface area contributed by atoms with Crippen LogP contribution in [-0.2, 0) is 0 Å². The minimum absolute atomic E-state index is 0.689. The third kappa shape index (κ3) is 8.90. The van der Waals surface area contributed by atoms with E-state index in [0.717, 1.165) is 0 Å². The number of benzene rings is 8. The Morgan fingerprint density at radius 1 is 0.206 bits per heavy atom. The van der Waals surface area contributed by atoms with Crippen molar-refractivity contribution in [3.63, 3.8) is 0 Å². The Bertz CT molecular complexity index is 2770. The minimum Gasteiger partial charge on any atom is -0.0610 e. The molecular formula is C68H70. The largest absolute Gasteiger partial charge is 0.0610 e. The summed E-state index contributed by atoms with van der Waals surface area (Å²) < 4.78 is 0. The average molecular weight is 887 g/mol. The van der Waals surface area contributed by atoms with Gasteiger partial charge in [0, 0.05) is 0 Å². The van der Waals surface area contributed by atoms with Crippen LogP contribution in [0.5, 0.6) is 0 Å². The summed E-state index contributed by atoms with van der Waals surface area (Å²) in [4.78, 5) is 0. The van der Waals surface area contributed by atoms with Gasteiger partial charge in [-0.25, -0.2) is 0 Å². The van der Waals surface area contributed by atoms with Crippen LogP contribution in [0.2, 0.25) is 0 Å². The molecule has 0 N–H and O–H groups in total. The van der Waals surface area contributed by atoms with Crippen molar-refractivity contribution in [1.29, 1.82) is 0 Å². The lowest BCUT2D eigenvalue weighted by atomic mass is 9.82. The molecule has 0 heteroatoms. The zero-order valence-electron chi connectivity index (χ0n) is 40.5. The Hall–Kier alpha value is -5.72. The molecule has 68 heavy (non-hydrogen) atoms. The van der Waals surface area contributed by atoms with Gasteiger partial charge in [-0.3, -0.25) is 0 Å². The summed E-state index contributed by atoms with van der Waals surface area (Å²) >= 11 is 0. The van der Waals surface area contributed by atoms with E-state index in [1.54, 1.807) is 0 Å². The highest BCUT2D eigenvalue weighted by Gasteiger charge is 2.22. The number of fused-ring (bicyclic) bond motifs is 2. The van der Waals surface area contributed by atoms with Crippen LogP contribution < -0.4 is 0 Å². The Kier molecular flexibility index (Phi) is 12.6. The third-order valence-electron chi connectivity index (χ3n) is 17.5. The molecule has 0 amide bonds. The zero-order chi connectivity index (χ0) is 45.2. The first-order valence-electron chi connectivity index (χ1n) is 27.3. The van der Waals surface area contributed by atoms with Gasteiger partial charge in [0.2, 0.25) is 0 Å². The lowest BCUT2D eigenvalue weighted by molar-refractivity contribution is 0.443. The van der Waals surface area contributed by atoms with Gasteiger partial charge < -0.3 is 0 Å². The van der Waals surface area contributed by atoms with Crippen molar-refractivity contribution in [2.45, 2.75) is 152 Å². The van der Waals surface area contributed by atoms with E-state index in [-0.39, 0.29) is 0 Å². The van der Waals surface area contributed by atoms with Gasteiger partial charge in [-0.1, -0.05) is 211 Å². The van der Waals surface area contributed by atoms with E-state index < -0.39 is 0 Å². The molecular weight excluding hydrogens is 817 g/mol. The molecule has 12 rings (SSSR count). The van der Waals surface area contributed by atoms with Gasteiger partial charge in [-0.15, -0.1) is 0 Å². The van der Waals surface area contributed by atoms with Gasteiger partial charge >= 0.3 is 0 Å². The van der Waals surface area contributed by atoms with Crippen LogP contribution in [-0.4, -0.2) is 0 Å². The molecule has 8 aromatic carbocycles. The molecule has 0 radical (unpaired) electrons.